The van der Waals surface area contributed by atoms with Gasteiger partial charge in [-0.05, 0) is 6.07 Å². The minimum absolute atomic E-state index is 0.0912. The van der Waals surface area contributed by atoms with Gasteiger partial charge in [-0.3, -0.25) is 10.1 Å². The van der Waals surface area contributed by atoms with E-state index in [0.717, 1.165) is 0 Å². The predicted octanol–water partition coefficient (Wildman–Crippen LogP) is 2.59. The first-order valence-corrected chi connectivity index (χ1v) is 4.06. The van der Waals surface area contributed by atoms with Crippen LogP contribution in [0.4, 0.5) is 11.4 Å². The van der Waals surface area contributed by atoms with Crippen LogP contribution in [0.1, 0.15) is 13.8 Å². The molecule has 0 saturated heterocycles. The highest BCUT2D eigenvalue weighted by Gasteiger charge is 2.03. The highest BCUT2D eigenvalue weighted by atomic mass is 16.6. The molecule has 74 valence electrons. The van der Waals surface area contributed by atoms with Crippen molar-refractivity contribution in [1.29, 1.82) is 0 Å². The minimum Gasteiger partial charge on any atom is -0.258 e. The lowest BCUT2D eigenvalue weighted by Gasteiger charge is -1.90. The Morgan fingerprint density at radius 2 is 2.07 bits per heavy atom. The normalized spacial score (nSPS) is 7.86. The van der Waals surface area contributed by atoms with Crippen molar-refractivity contribution >= 4 is 17.5 Å². The van der Waals surface area contributed by atoms with Crippen LogP contribution in [0.3, 0.4) is 0 Å². The molecule has 0 aliphatic rings. The molecule has 1 aromatic rings. The topological polar surface area (TPSA) is 72.6 Å². The highest BCUT2D eigenvalue weighted by Crippen LogP contribution is 2.18. The zero-order valence-electron chi connectivity index (χ0n) is 7.93. The van der Waals surface area contributed by atoms with Crippen molar-refractivity contribution in [1.82, 2.24) is 0 Å². The van der Waals surface area contributed by atoms with Gasteiger partial charge in [-0.1, -0.05) is 19.9 Å². The summed E-state index contributed by atoms with van der Waals surface area (Å²) in [4.78, 5) is 22.7. The first-order chi connectivity index (χ1) is 6.74. The lowest BCUT2D eigenvalue weighted by Crippen LogP contribution is -1.85. The van der Waals surface area contributed by atoms with Gasteiger partial charge in [0.1, 0.15) is 0 Å². The molecule has 0 aromatic heterocycles. The van der Waals surface area contributed by atoms with Crippen LogP contribution >= 0.6 is 0 Å². The van der Waals surface area contributed by atoms with E-state index in [1.54, 1.807) is 0 Å². The minimum atomic E-state index is -0.552. The Labute approximate surface area is 81.2 Å². The van der Waals surface area contributed by atoms with Crippen molar-refractivity contribution in [2.24, 2.45) is 4.99 Å². The Morgan fingerprint density at radius 1 is 1.43 bits per heavy atom. The zero-order chi connectivity index (χ0) is 11.0. The molecule has 0 N–H and O–H groups in total. The average molecular weight is 194 g/mol. The van der Waals surface area contributed by atoms with Crippen molar-refractivity contribution in [3.05, 3.63) is 34.4 Å². The number of carbonyl (C=O) groups excluding carboxylic acids is 1. The van der Waals surface area contributed by atoms with Crippen LogP contribution in [0.5, 0.6) is 0 Å². The first kappa shape index (κ1) is 12.0. The second kappa shape index (κ2) is 6.51. The summed E-state index contributed by atoms with van der Waals surface area (Å²) in [6.45, 7) is 4.00. The Morgan fingerprint density at radius 3 is 2.57 bits per heavy atom. The fourth-order valence-electron chi connectivity index (χ4n) is 0.729. The van der Waals surface area contributed by atoms with E-state index in [1.807, 2.05) is 13.8 Å². The number of hydrogen-bond donors (Lipinski definition) is 0. The van der Waals surface area contributed by atoms with Crippen LogP contribution in [0.15, 0.2) is 29.3 Å². The summed E-state index contributed by atoms with van der Waals surface area (Å²) in [7, 11) is 0. The fourth-order valence-corrected chi connectivity index (χ4v) is 0.729. The van der Waals surface area contributed by atoms with Crippen molar-refractivity contribution in [3.63, 3.8) is 0 Å². The van der Waals surface area contributed by atoms with Gasteiger partial charge < -0.3 is 0 Å². The maximum Gasteiger partial charge on any atom is 0.271 e. The van der Waals surface area contributed by atoms with E-state index in [2.05, 4.69) is 4.99 Å². The number of isocyanates is 1. The Bertz CT molecular complexity index is 340. The van der Waals surface area contributed by atoms with Gasteiger partial charge in [0, 0.05) is 12.1 Å². The van der Waals surface area contributed by atoms with Gasteiger partial charge in [0.05, 0.1) is 10.6 Å². The van der Waals surface area contributed by atoms with Crippen LogP contribution in [0.25, 0.3) is 0 Å². The van der Waals surface area contributed by atoms with Crippen LogP contribution < -0.4 is 0 Å². The van der Waals surface area contributed by atoms with Crippen LogP contribution in [0.2, 0.25) is 0 Å². The SMILES string of the molecule is CC.O=C=Nc1cccc([N+](=O)[O-])c1. The lowest BCUT2D eigenvalue weighted by atomic mass is 10.3. The quantitative estimate of drug-likeness (QED) is 0.314. The van der Waals surface area contributed by atoms with Crippen molar-refractivity contribution < 1.29 is 9.72 Å². The van der Waals surface area contributed by atoms with Crippen LogP contribution in [-0.4, -0.2) is 11.0 Å². The van der Waals surface area contributed by atoms with Crippen LogP contribution in [0, 0.1) is 10.1 Å². The lowest BCUT2D eigenvalue weighted by molar-refractivity contribution is -0.384. The van der Waals surface area contributed by atoms with E-state index in [1.165, 1.54) is 30.3 Å². The number of benzene rings is 1. The molecule has 0 unspecified atom stereocenters. The summed E-state index contributed by atoms with van der Waals surface area (Å²) >= 11 is 0. The predicted molar refractivity (Wildman–Crippen MR) is 52.2 cm³/mol. The number of aliphatic imine (C=N–C) groups is 1. The van der Waals surface area contributed by atoms with Gasteiger partial charge in [0.15, 0.2) is 0 Å². The number of nitrogens with zero attached hydrogens (tertiary/aromatic N) is 2. The summed E-state index contributed by atoms with van der Waals surface area (Å²) in [6.07, 6.45) is 1.30. The molecule has 5 heteroatoms. The average Bonchev–Trinajstić information content (AvgIpc) is 2.22. The summed E-state index contributed by atoms with van der Waals surface area (Å²) in [6, 6.07) is 5.46. The van der Waals surface area contributed by atoms with E-state index >= 15 is 0 Å². The second-order valence-corrected chi connectivity index (χ2v) is 1.98. The van der Waals surface area contributed by atoms with Crippen molar-refractivity contribution in [2.75, 3.05) is 0 Å². The van der Waals surface area contributed by atoms with Gasteiger partial charge in [0.25, 0.3) is 5.69 Å². The smallest absolute Gasteiger partial charge is 0.258 e. The third-order valence-corrected chi connectivity index (χ3v) is 1.22. The molecule has 0 spiro atoms. The van der Waals surface area contributed by atoms with E-state index < -0.39 is 4.92 Å². The maximum absolute atomic E-state index is 10.2. The Hall–Kier alpha value is -2.00. The molecule has 0 bridgehead atoms. The van der Waals surface area contributed by atoms with Crippen molar-refractivity contribution in [3.8, 4) is 0 Å². The van der Waals surface area contributed by atoms with Gasteiger partial charge in [0.2, 0.25) is 6.08 Å². The molecule has 1 rings (SSSR count). The first-order valence-electron chi connectivity index (χ1n) is 4.06. The van der Waals surface area contributed by atoms with E-state index in [-0.39, 0.29) is 11.4 Å². The second-order valence-electron chi connectivity index (χ2n) is 1.98. The van der Waals surface area contributed by atoms with E-state index in [9.17, 15) is 14.9 Å². The molecule has 0 saturated carbocycles. The Kier molecular flexibility index (Phi) is 5.58. The molecule has 0 radical (unpaired) electrons. The molecule has 0 aliphatic heterocycles. The number of nitro groups is 1. The monoisotopic (exact) mass is 194 g/mol. The third kappa shape index (κ3) is 3.60. The zero-order valence-corrected chi connectivity index (χ0v) is 7.93. The van der Waals surface area contributed by atoms with Crippen LogP contribution in [-0.2, 0) is 4.79 Å². The fraction of sp³-hybridized carbons (Fsp3) is 0.222. The molecule has 5 nitrogen and oxygen atoms in total. The molecular formula is C9H10N2O3. The van der Waals surface area contributed by atoms with Gasteiger partial charge in [-0.25, -0.2) is 4.79 Å². The van der Waals surface area contributed by atoms with E-state index in [0.29, 0.717) is 0 Å². The standard InChI is InChI=1S/C7H4N2O3.C2H6/c10-5-8-6-2-1-3-7(4-6)9(11)12;1-2/h1-4H;1-2H3. The summed E-state index contributed by atoms with van der Waals surface area (Å²) in [5.41, 5.74) is 0.144. The molecule has 0 amide bonds. The summed E-state index contributed by atoms with van der Waals surface area (Å²) < 4.78 is 0. The van der Waals surface area contributed by atoms with Gasteiger partial charge >= 0.3 is 0 Å². The van der Waals surface area contributed by atoms with Gasteiger partial charge in [-0.15, -0.1) is 0 Å². The summed E-state index contributed by atoms with van der Waals surface area (Å²) in [5, 5.41) is 10.2. The molecular weight excluding hydrogens is 184 g/mol. The molecule has 1 aromatic carbocycles. The molecule has 14 heavy (non-hydrogen) atoms. The number of nitro benzene ring substituents is 1. The van der Waals surface area contributed by atoms with E-state index in [4.69, 9.17) is 0 Å². The number of rotatable bonds is 2. The highest BCUT2D eigenvalue weighted by molar-refractivity contribution is 5.52. The maximum atomic E-state index is 10.2. The summed E-state index contributed by atoms with van der Waals surface area (Å²) in [5.74, 6) is 0. The van der Waals surface area contributed by atoms with Gasteiger partial charge in [-0.2, -0.15) is 4.99 Å². The largest absolute Gasteiger partial charge is 0.271 e. The molecule has 0 atom stereocenters. The molecule has 0 heterocycles. The number of non-ortho nitro benzene ring substituents is 1. The molecule has 0 fully saturated rings. The molecule has 0 aliphatic carbocycles. The van der Waals surface area contributed by atoms with Crippen molar-refractivity contribution in [2.45, 2.75) is 13.8 Å². The number of hydrogen-bond acceptors (Lipinski definition) is 4. The Balaban J connectivity index is 0.000000791. The third-order valence-electron chi connectivity index (χ3n) is 1.22.